The van der Waals surface area contributed by atoms with Crippen LogP contribution in [0.5, 0.6) is 0 Å². The SMILES string of the molecule is CC(C)c1ccc(C(O)c2nc(-c3ccncc3)cc3ncccc23)cc1. The van der Waals surface area contributed by atoms with Crippen molar-refractivity contribution in [3.63, 3.8) is 0 Å². The fourth-order valence-electron chi connectivity index (χ4n) is 3.20. The number of aliphatic hydroxyl groups is 1. The van der Waals surface area contributed by atoms with Gasteiger partial charge in [0, 0.05) is 29.5 Å². The number of rotatable bonds is 4. The summed E-state index contributed by atoms with van der Waals surface area (Å²) in [5, 5.41) is 11.9. The van der Waals surface area contributed by atoms with Gasteiger partial charge < -0.3 is 5.11 Å². The van der Waals surface area contributed by atoms with Gasteiger partial charge in [-0.25, -0.2) is 4.98 Å². The molecule has 1 unspecified atom stereocenters. The Bertz CT molecular complexity index is 1060. The van der Waals surface area contributed by atoms with Crippen LogP contribution in [0.25, 0.3) is 22.2 Å². The molecule has 0 amide bonds. The summed E-state index contributed by atoms with van der Waals surface area (Å²) < 4.78 is 0. The molecule has 27 heavy (non-hydrogen) atoms. The number of aromatic nitrogens is 3. The summed E-state index contributed by atoms with van der Waals surface area (Å²) >= 11 is 0. The zero-order chi connectivity index (χ0) is 18.8. The predicted octanol–water partition coefficient (Wildman–Crippen LogP) is 4.90. The molecule has 0 aliphatic heterocycles. The van der Waals surface area contributed by atoms with Crippen LogP contribution in [0, 0.1) is 0 Å². The van der Waals surface area contributed by atoms with E-state index in [-0.39, 0.29) is 0 Å². The molecule has 0 aliphatic carbocycles. The lowest BCUT2D eigenvalue weighted by Crippen LogP contribution is -2.05. The van der Waals surface area contributed by atoms with Gasteiger partial charge >= 0.3 is 0 Å². The third-order valence-corrected chi connectivity index (χ3v) is 4.78. The Balaban J connectivity index is 1.84. The number of benzene rings is 1. The molecular weight excluding hydrogens is 334 g/mol. The van der Waals surface area contributed by atoms with Crippen molar-refractivity contribution in [3.05, 3.63) is 90.0 Å². The lowest BCUT2D eigenvalue weighted by atomic mass is 9.97. The van der Waals surface area contributed by atoms with Crippen molar-refractivity contribution in [1.82, 2.24) is 15.0 Å². The molecule has 0 saturated heterocycles. The molecule has 1 atom stereocenters. The van der Waals surface area contributed by atoms with Gasteiger partial charge in [0.15, 0.2) is 0 Å². The van der Waals surface area contributed by atoms with Gasteiger partial charge in [0.2, 0.25) is 0 Å². The fraction of sp³-hybridized carbons (Fsp3) is 0.174. The van der Waals surface area contributed by atoms with Gasteiger partial charge in [0.25, 0.3) is 0 Å². The molecule has 1 N–H and O–H groups in total. The van der Waals surface area contributed by atoms with E-state index in [0.29, 0.717) is 11.6 Å². The van der Waals surface area contributed by atoms with Gasteiger partial charge in [-0.05, 0) is 47.4 Å². The third-order valence-electron chi connectivity index (χ3n) is 4.78. The van der Waals surface area contributed by atoms with Crippen molar-refractivity contribution in [2.24, 2.45) is 0 Å². The Morgan fingerprint density at radius 3 is 2.26 bits per heavy atom. The molecule has 134 valence electrons. The summed E-state index contributed by atoms with van der Waals surface area (Å²) in [6.45, 7) is 4.31. The number of hydrogen-bond acceptors (Lipinski definition) is 4. The largest absolute Gasteiger partial charge is 0.382 e. The maximum absolute atomic E-state index is 11.1. The second-order valence-corrected chi connectivity index (χ2v) is 6.92. The summed E-state index contributed by atoms with van der Waals surface area (Å²) in [5.41, 5.74) is 5.22. The van der Waals surface area contributed by atoms with Crippen molar-refractivity contribution in [3.8, 4) is 11.3 Å². The number of pyridine rings is 3. The van der Waals surface area contributed by atoms with Crippen molar-refractivity contribution >= 4 is 10.9 Å². The molecule has 0 aliphatic rings. The molecule has 4 rings (SSSR count). The minimum Gasteiger partial charge on any atom is -0.382 e. The molecule has 3 heterocycles. The van der Waals surface area contributed by atoms with E-state index in [1.165, 1.54) is 5.56 Å². The quantitative estimate of drug-likeness (QED) is 0.566. The minimum atomic E-state index is -0.820. The molecule has 0 saturated carbocycles. The summed E-state index contributed by atoms with van der Waals surface area (Å²) in [4.78, 5) is 13.3. The van der Waals surface area contributed by atoms with Gasteiger partial charge in [-0.2, -0.15) is 0 Å². The highest BCUT2D eigenvalue weighted by Gasteiger charge is 2.18. The van der Waals surface area contributed by atoms with Crippen LogP contribution < -0.4 is 0 Å². The molecule has 0 radical (unpaired) electrons. The first-order valence-corrected chi connectivity index (χ1v) is 9.07. The molecule has 0 bridgehead atoms. The van der Waals surface area contributed by atoms with Crippen molar-refractivity contribution < 1.29 is 5.11 Å². The van der Waals surface area contributed by atoms with Crippen molar-refractivity contribution in [1.29, 1.82) is 0 Å². The third kappa shape index (κ3) is 3.44. The summed E-state index contributed by atoms with van der Waals surface area (Å²) in [5.74, 6) is 0.453. The first kappa shape index (κ1) is 17.3. The monoisotopic (exact) mass is 355 g/mol. The fourth-order valence-corrected chi connectivity index (χ4v) is 3.20. The molecule has 1 aromatic carbocycles. The molecule has 4 aromatic rings. The predicted molar refractivity (Wildman–Crippen MR) is 107 cm³/mol. The van der Waals surface area contributed by atoms with Gasteiger partial charge in [-0.15, -0.1) is 0 Å². The lowest BCUT2D eigenvalue weighted by Gasteiger charge is -2.16. The van der Waals surface area contributed by atoms with Crippen LogP contribution in [-0.4, -0.2) is 20.1 Å². The highest BCUT2D eigenvalue weighted by atomic mass is 16.3. The standard InChI is InChI=1S/C23H21N3O/c1-15(2)16-5-7-18(8-6-16)23(27)22-19-4-3-11-25-21(19)14-20(26-22)17-9-12-24-13-10-17/h3-15,23,27H,1-2H3. The maximum Gasteiger partial charge on any atom is 0.122 e. The van der Waals surface area contributed by atoms with Gasteiger partial charge in [-0.1, -0.05) is 38.1 Å². The van der Waals surface area contributed by atoms with Gasteiger partial charge in [0.05, 0.1) is 16.9 Å². The summed E-state index contributed by atoms with van der Waals surface area (Å²) in [6, 6.07) is 17.7. The summed E-state index contributed by atoms with van der Waals surface area (Å²) in [6.07, 6.45) is 4.41. The Kier molecular flexibility index (Phi) is 4.65. The smallest absolute Gasteiger partial charge is 0.122 e. The van der Waals surface area contributed by atoms with E-state index >= 15 is 0 Å². The van der Waals surface area contributed by atoms with Gasteiger partial charge in [0.1, 0.15) is 6.10 Å². The van der Waals surface area contributed by atoms with Crippen LogP contribution in [-0.2, 0) is 0 Å². The van der Waals surface area contributed by atoms with E-state index < -0.39 is 6.10 Å². The normalized spacial score (nSPS) is 12.4. The second kappa shape index (κ2) is 7.25. The topological polar surface area (TPSA) is 58.9 Å². The Morgan fingerprint density at radius 1 is 0.852 bits per heavy atom. The van der Waals surface area contributed by atoms with Crippen molar-refractivity contribution in [2.45, 2.75) is 25.9 Å². The number of hydrogen-bond donors (Lipinski definition) is 1. The van der Waals surface area contributed by atoms with E-state index in [9.17, 15) is 5.11 Å². The average molecular weight is 355 g/mol. The lowest BCUT2D eigenvalue weighted by molar-refractivity contribution is 0.217. The molecule has 4 heteroatoms. The van der Waals surface area contributed by atoms with E-state index in [2.05, 4.69) is 35.9 Å². The number of aliphatic hydroxyl groups excluding tert-OH is 1. The minimum absolute atomic E-state index is 0.453. The van der Waals surface area contributed by atoms with Crippen LogP contribution in [0.15, 0.2) is 73.2 Å². The zero-order valence-corrected chi connectivity index (χ0v) is 15.4. The summed E-state index contributed by atoms with van der Waals surface area (Å²) in [7, 11) is 0. The van der Waals surface area contributed by atoms with Crippen LogP contribution in [0.1, 0.15) is 42.7 Å². The first-order chi connectivity index (χ1) is 13.1. The molecule has 0 spiro atoms. The van der Waals surface area contributed by atoms with E-state index in [0.717, 1.165) is 27.7 Å². The maximum atomic E-state index is 11.1. The Morgan fingerprint density at radius 2 is 1.56 bits per heavy atom. The highest BCUT2D eigenvalue weighted by molar-refractivity contribution is 5.85. The molecule has 4 nitrogen and oxygen atoms in total. The number of fused-ring (bicyclic) bond motifs is 1. The van der Waals surface area contributed by atoms with Crippen molar-refractivity contribution in [2.75, 3.05) is 0 Å². The molecule has 3 aromatic heterocycles. The Labute approximate surface area is 158 Å². The Hall–Kier alpha value is -3.11. The van der Waals surface area contributed by atoms with Crippen LogP contribution >= 0.6 is 0 Å². The first-order valence-electron chi connectivity index (χ1n) is 9.07. The zero-order valence-electron chi connectivity index (χ0n) is 15.4. The molecule has 0 fully saturated rings. The van der Waals surface area contributed by atoms with E-state index in [1.807, 2.05) is 42.5 Å². The number of nitrogens with zero attached hydrogens (tertiary/aromatic N) is 3. The second-order valence-electron chi connectivity index (χ2n) is 6.92. The van der Waals surface area contributed by atoms with Crippen LogP contribution in [0.2, 0.25) is 0 Å². The average Bonchev–Trinajstić information content (AvgIpc) is 2.73. The van der Waals surface area contributed by atoms with Crippen LogP contribution in [0.3, 0.4) is 0 Å². The van der Waals surface area contributed by atoms with Gasteiger partial charge in [-0.3, -0.25) is 9.97 Å². The highest BCUT2D eigenvalue weighted by Crippen LogP contribution is 2.30. The van der Waals surface area contributed by atoms with Crippen LogP contribution in [0.4, 0.5) is 0 Å². The van der Waals surface area contributed by atoms with E-state index in [1.54, 1.807) is 18.6 Å². The van der Waals surface area contributed by atoms with E-state index in [4.69, 9.17) is 4.98 Å². The molecular formula is C23H21N3O.